The molecule has 0 aliphatic carbocycles. The van der Waals surface area contributed by atoms with Gasteiger partial charge in [-0.3, -0.25) is 9.78 Å². The summed E-state index contributed by atoms with van der Waals surface area (Å²) in [4.78, 5) is 16.5. The van der Waals surface area contributed by atoms with Gasteiger partial charge in [0, 0.05) is 43.5 Å². The van der Waals surface area contributed by atoms with E-state index in [1.165, 1.54) is 10.6 Å². The molecule has 1 amide bonds. The molecule has 0 saturated carbocycles. The van der Waals surface area contributed by atoms with Crippen LogP contribution in [0.25, 0.3) is 0 Å². The summed E-state index contributed by atoms with van der Waals surface area (Å²) in [5.74, 6) is 0.283. The summed E-state index contributed by atoms with van der Waals surface area (Å²) >= 11 is 6.30. The molecule has 1 aromatic heterocycles. The summed E-state index contributed by atoms with van der Waals surface area (Å²) in [5, 5.41) is 3.21. The van der Waals surface area contributed by atoms with E-state index in [4.69, 9.17) is 16.3 Å². The van der Waals surface area contributed by atoms with E-state index in [1.54, 1.807) is 24.4 Å². The molecule has 0 unspecified atom stereocenters. The number of halogens is 1. The van der Waals surface area contributed by atoms with Crippen LogP contribution in [0.5, 0.6) is 5.75 Å². The van der Waals surface area contributed by atoms with E-state index < -0.39 is 10.0 Å². The van der Waals surface area contributed by atoms with E-state index in [1.807, 2.05) is 18.2 Å². The van der Waals surface area contributed by atoms with Crippen LogP contribution in [0.4, 0.5) is 0 Å². The van der Waals surface area contributed by atoms with Crippen molar-refractivity contribution in [1.82, 2.24) is 14.6 Å². The van der Waals surface area contributed by atoms with Gasteiger partial charge < -0.3 is 10.1 Å². The van der Waals surface area contributed by atoms with Crippen LogP contribution in [-0.4, -0.2) is 55.6 Å². The number of nitrogens with zero attached hydrogens (tertiary/aromatic N) is 2. The van der Waals surface area contributed by atoms with Crippen molar-refractivity contribution in [3.05, 3.63) is 58.9 Å². The number of carbonyl (C=O) groups is 1. The van der Waals surface area contributed by atoms with Gasteiger partial charge in [-0.2, -0.15) is 0 Å². The molecular weight excluding hydrogens is 414 g/mol. The van der Waals surface area contributed by atoms with Gasteiger partial charge in [-0.1, -0.05) is 17.7 Å². The molecule has 0 bridgehead atoms. The van der Waals surface area contributed by atoms with Crippen molar-refractivity contribution in [1.29, 1.82) is 0 Å². The molecule has 1 aliphatic rings. The first-order chi connectivity index (χ1) is 13.8. The summed E-state index contributed by atoms with van der Waals surface area (Å²) in [5.41, 5.74) is 1.37. The van der Waals surface area contributed by atoms with E-state index in [9.17, 15) is 13.2 Å². The number of sulfonamides is 1. The second kappa shape index (κ2) is 9.56. The van der Waals surface area contributed by atoms with Crippen molar-refractivity contribution in [3.8, 4) is 5.75 Å². The molecule has 2 aromatic rings. The zero-order valence-corrected chi connectivity index (χ0v) is 17.7. The number of rotatable bonds is 7. The average Bonchev–Trinajstić information content (AvgIpc) is 2.70. The van der Waals surface area contributed by atoms with Gasteiger partial charge in [-0.25, -0.2) is 12.7 Å². The zero-order chi connectivity index (χ0) is 20.9. The highest BCUT2D eigenvalue weighted by atomic mass is 35.5. The van der Waals surface area contributed by atoms with E-state index >= 15 is 0 Å². The van der Waals surface area contributed by atoms with Crippen molar-refractivity contribution in [2.75, 3.05) is 25.9 Å². The maximum absolute atomic E-state index is 12.3. The second-order valence-electron chi connectivity index (χ2n) is 6.95. The van der Waals surface area contributed by atoms with E-state index in [2.05, 4.69) is 10.3 Å². The van der Waals surface area contributed by atoms with E-state index in [-0.39, 0.29) is 12.0 Å². The Morgan fingerprint density at radius 1 is 1.28 bits per heavy atom. The Balaban J connectivity index is 1.51. The highest BCUT2D eigenvalue weighted by Gasteiger charge is 2.26. The molecule has 0 spiro atoms. The third kappa shape index (κ3) is 6.16. The van der Waals surface area contributed by atoms with Crippen molar-refractivity contribution < 1.29 is 17.9 Å². The summed E-state index contributed by atoms with van der Waals surface area (Å²) < 4.78 is 30.5. The van der Waals surface area contributed by atoms with Crippen LogP contribution in [0.3, 0.4) is 0 Å². The lowest BCUT2D eigenvalue weighted by Crippen LogP contribution is -2.41. The lowest BCUT2D eigenvalue weighted by atomic mass is 10.1. The minimum absolute atomic E-state index is 0.108. The highest BCUT2D eigenvalue weighted by molar-refractivity contribution is 7.88. The predicted molar refractivity (Wildman–Crippen MR) is 112 cm³/mol. The first kappa shape index (κ1) is 21.5. The zero-order valence-electron chi connectivity index (χ0n) is 16.2. The fourth-order valence-corrected chi connectivity index (χ4v) is 4.25. The summed E-state index contributed by atoms with van der Waals surface area (Å²) in [6, 6.07) is 10.6. The third-order valence-electron chi connectivity index (χ3n) is 4.75. The number of nitrogens with one attached hydrogen (secondary N) is 1. The van der Waals surface area contributed by atoms with Crippen LogP contribution in [0, 0.1) is 0 Å². The van der Waals surface area contributed by atoms with Crippen molar-refractivity contribution >= 4 is 27.5 Å². The number of benzene rings is 1. The minimum Gasteiger partial charge on any atom is -0.489 e. The largest absolute Gasteiger partial charge is 0.489 e. The number of amides is 1. The Labute approximate surface area is 176 Å². The lowest BCUT2D eigenvalue weighted by molar-refractivity contribution is 0.0954. The molecular formula is C20H24ClN3O4S. The number of pyridine rings is 1. The summed E-state index contributed by atoms with van der Waals surface area (Å²) in [6.45, 7) is 1.33. The second-order valence-corrected chi connectivity index (χ2v) is 9.34. The normalized spacial score (nSPS) is 15.8. The minimum atomic E-state index is -3.17. The van der Waals surface area contributed by atoms with Crippen LogP contribution >= 0.6 is 11.6 Å². The number of carbonyl (C=O) groups excluding carboxylic acids is 1. The van der Waals surface area contributed by atoms with Crippen LogP contribution in [0.1, 0.15) is 28.9 Å². The van der Waals surface area contributed by atoms with Crippen LogP contribution in [0.2, 0.25) is 5.02 Å². The first-order valence-electron chi connectivity index (χ1n) is 9.42. The standard InChI is InChI=1S/C20H24ClN3O4S/c1-29(26,27)24-12-8-17(9-13-24)28-19-6-5-15(14-18(19)21)20(25)23-11-7-16-4-2-3-10-22-16/h2-6,10,14,17H,7-9,11-13H2,1H3,(H,23,25). The van der Waals surface area contributed by atoms with Gasteiger partial charge in [0.2, 0.25) is 10.0 Å². The number of piperidine rings is 1. The highest BCUT2D eigenvalue weighted by Crippen LogP contribution is 2.28. The van der Waals surface area contributed by atoms with Gasteiger partial charge in [-0.15, -0.1) is 0 Å². The molecule has 156 valence electrons. The number of hydrogen-bond acceptors (Lipinski definition) is 5. The smallest absolute Gasteiger partial charge is 0.251 e. The van der Waals surface area contributed by atoms with Gasteiger partial charge in [0.25, 0.3) is 5.91 Å². The molecule has 1 saturated heterocycles. The molecule has 0 radical (unpaired) electrons. The molecule has 3 rings (SSSR count). The molecule has 9 heteroatoms. The number of ether oxygens (including phenoxy) is 1. The van der Waals surface area contributed by atoms with Crippen LogP contribution in [-0.2, 0) is 16.4 Å². The van der Waals surface area contributed by atoms with Gasteiger partial charge in [-0.05, 0) is 43.2 Å². The molecule has 7 nitrogen and oxygen atoms in total. The fraction of sp³-hybridized carbons (Fsp3) is 0.400. The molecule has 1 aliphatic heterocycles. The van der Waals surface area contributed by atoms with Crippen molar-refractivity contribution in [2.24, 2.45) is 0 Å². The van der Waals surface area contributed by atoms with Crippen molar-refractivity contribution in [3.63, 3.8) is 0 Å². The first-order valence-corrected chi connectivity index (χ1v) is 11.6. The Kier molecular flexibility index (Phi) is 7.10. The number of aromatic nitrogens is 1. The third-order valence-corrected chi connectivity index (χ3v) is 6.35. The SMILES string of the molecule is CS(=O)(=O)N1CCC(Oc2ccc(C(=O)NCCc3ccccn3)cc2Cl)CC1. The van der Waals surface area contributed by atoms with Gasteiger partial charge >= 0.3 is 0 Å². The maximum atomic E-state index is 12.3. The molecule has 1 fully saturated rings. The molecule has 2 heterocycles. The van der Waals surface area contributed by atoms with Gasteiger partial charge in [0.05, 0.1) is 11.3 Å². The summed E-state index contributed by atoms with van der Waals surface area (Å²) in [6.07, 6.45) is 4.67. The molecule has 29 heavy (non-hydrogen) atoms. The fourth-order valence-electron chi connectivity index (χ4n) is 3.15. The molecule has 1 aromatic carbocycles. The average molecular weight is 438 g/mol. The van der Waals surface area contributed by atoms with Gasteiger partial charge in [0.15, 0.2) is 0 Å². The van der Waals surface area contributed by atoms with Crippen LogP contribution < -0.4 is 10.1 Å². The molecule has 0 atom stereocenters. The Morgan fingerprint density at radius 3 is 2.66 bits per heavy atom. The van der Waals surface area contributed by atoms with Gasteiger partial charge in [0.1, 0.15) is 11.9 Å². The summed E-state index contributed by atoms with van der Waals surface area (Å²) in [7, 11) is -3.17. The quantitative estimate of drug-likeness (QED) is 0.719. The van der Waals surface area contributed by atoms with Crippen molar-refractivity contribution in [2.45, 2.75) is 25.4 Å². The molecule has 1 N–H and O–H groups in total. The maximum Gasteiger partial charge on any atom is 0.251 e. The monoisotopic (exact) mass is 437 g/mol. The lowest BCUT2D eigenvalue weighted by Gasteiger charge is -2.30. The van der Waals surface area contributed by atoms with E-state index in [0.29, 0.717) is 55.2 Å². The Bertz CT molecular complexity index is 945. The predicted octanol–water partition coefficient (Wildman–Crippen LogP) is 2.51. The number of hydrogen-bond donors (Lipinski definition) is 1. The Hall–Kier alpha value is -2.16. The Morgan fingerprint density at radius 2 is 2.03 bits per heavy atom. The van der Waals surface area contributed by atoms with Crippen LogP contribution in [0.15, 0.2) is 42.6 Å². The topological polar surface area (TPSA) is 88.6 Å². The van der Waals surface area contributed by atoms with E-state index in [0.717, 1.165) is 5.69 Å².